The van der Waals surface area contributed by atoms with Gasteiger partial charge in [0.25, 0.3) is 0 Å². The second-order valence-electron chi connectivity index (χ2n) is 8.00. The Hall–Kier alpha value is -2.04. The topological polar surface area (TPSA) is 73.3 Å². The summed E-state index contributed by atoms with van der Waals surface area (Å²) in [6.07, 6.45) is 3.17. The normalized spacial score (nSPS) is 15.7. The van der Waals surface area contributed by atoms with E-state index in [9.17, 15) is 0 Å². The van der Waals surface area contributed by atoms with Gasteiger partial charge in [-0.05, 0) is 55.0 Å². The fraction of sp³-hybridized carbons (Fsp3) is 0.480. The Morgan fingerprint density at radius 3 is 2.48 bits per heavy atom. The van der Waals surface area contributed by atoms with Gasteiger partial charge in [-0.15, -0.1) is 24.0 Å². The molecule has 0 aromatic heterocycles. The molecular weight excluding hydrogens is 533 g/mol. The summed E-state index contributed by atoms with van der Waals surface area (Å²) in [5.74, 6) is 2.46. The fourth-order valence-corrected chi connectivity index (χ4v) is 3.73. The molecule has 1 saturated heterocycles. The molecule has 2 aromatic rings. The highest BCUT2D eigenvalue weighted by atomic mass is 127. The average Bonchev–Trinajstić information content (AvgIpc) is 3.30. The van der Waals surface area contributed by atoms with Gasteiger partial charge in [0, 0.05) is 26.3 Å². The number of rotatable bonds is 9. The molecule has 8 heteroatoms. The Labute approximate surface area is 213 Å². The first-order valence-corrected chi connectivity index (χ1v) is 11.5. The molecule has 2 aromatic carbocycles. The molecule has 2 aliphatic heterocycles. The maximum Gasteiger partial charge on any atom is 0.231 e. The Bertz CT molecular complexity index is 886. The van der Waals surface area contributed by atoms with E-state index in [0.29, 0.717) is 26.0 Å². The summed E-state index contributed by atoms with van der Waals surface area (Å²) >= 11 is 0. The van der Waals surface area contributed by atoms with Crippen LogP contribution in [0.15, 0.2) is 47.5 Å². The number of halogens is 1. The highest BCUT2D eigenvalue weighted by molar-refractivity contribution is 14.0. The maximum absolute atomic E-state index is 6.00. The van der Waals surface area contributed by atoms with Gasteiger partial charge in [0.15, 0.2) is 17.5 Å². The minimum atomic E-state index is 0. The number of guanidine groups is 1. The highest BCUT2D eigenvalue weighted by Gasteiger charge is 2.14. The van der Waals surface area contributed by atoms with Crippen LogP contribution in [0.5, 0.6) is 11.5 Å². The summed E-state index contributed by atoms with van der Waals surface area (Å²) in [6.45, 7) is 6.87. The molecule has 0 saturated carbocycles. The number of ether oxygens (including phenoxy) is 4. The third kappa shape index (κ3) is 8.04. The summed E-state index contributed by atoms with van der Waals surface area (Å²) in [4.78, 5) is 4.73. The average molecular weight is 567 g/mol. The van der Waals surface area contributed by atoms with Crippen molar-refractivity contribution in [2.24, 2.45) is 4.99 Å². The largest absolute Gasteiger partial charge is 0.454 e. The lowest BCUT2D eigenvalue weighted by atomic mass is 10.1. The number of benzene rings is 2. The van der Waals surface area contributed by atoms with E-state index in [-0.39, 0.29) is 24.0 Å². The first kappa shape index (κ1) is 25.6. The fourth-order valence-electron chi connectivity index (χ4n) is 3.73. The van der Waals surface area contributed by atoms with Gasteiger partial charge in [0.2, 0.25) is 6.79 Å². The van der Waals surface area contributed by atoms with Crippen molar-refractivity contribution >= 4 is 29.9 Å². The highest BCUT2D eigenvalue weighted by Crippen LogP contribution is 2.32. The van der Waals surface area contributed by atoms with Gasteiger partial charge in [-0.1, -0.05) is 30.3 Å². The van der Waals surface area contributed by atoms with Crippen molar-refractivity contribution in [3.63, 3.8) is 0 Å². The zero-order valence-corrected chi connectivity index (χ0v) is 21.5. The molecule has 0 aliphatic carbocycles. The first-order chi connectivity index (χ1) is 15.8. The maximum atomic E-state index is 6.00. The van der Waals surface area contributed by atoms with E-state index >= 15 is 0 Å². The molecule has 0 amide bonds. The second kappa shape index (κ2) is 13.6. The zero-order chi connectivity index (χ0) is 22.0. The first-order valence-electron chi connectivity index (χ1n) is 11.5. The standard InChI is InChI=1S/C25H33N3O4.HI/c1-2-26-25(27-12-9-19-7-8-23-24(15-19)32-18-31-23)28-16-20-3-5-21(6-4-20)17-30-22-10-13-29-14-11-22;/h3-8,15,22H,2,9-14,16-18H2,1H3,(H2,26,27,28);1H. The minimum Gasteiger partial charge on any atom is -0.454 e. The van der Waals surface area contributed by atoms with Crippen LogP contribution < -0.4 is 20.1 Å². The van der Waals surface area contributed by atoms with Crippen LogP contribution in [-0.2, 0) is 29.0 Å². The van der Waals surface area contributed by atoms with Crippen molar-refractivity contribution in [2.75, 3.05) is 33.1 Å². The Kier molecular flexibility index (Phi) is 10.6. The molecular formula is C25H34IN3O4. The Morgan fingerprint density at radius 2 is 1.70 bits per heavy atom. The smallest absolute Gasteiger partial charge is 0.231 e. The molecule has 180 valence electrons. The quantitative estimate of drug-likeness (QED) is 0.271. The van der Waals surface area contributed by atoms with Crippen molar-refractivity contribution in [2.45, 2.75) is 45.4 Å². The summed E-state index contributed by atoms with van der Waals surface area (Å²) in [7, 11) is 0. The number of fused-ring (bicyclic) bond motifs is 1. The molecule has 4 rings (SSSR count). The van der Waals surface area contributed by atoms with Crippen molar-refractivity contribution in [1.29, 1.82) is 0 Å². The van der Waals surface area contributed by atoms with Crippen LogP contribution >= 0.6 is 24.0 Å². The third-order valence-electron chi connectivity index (χ3n) is 5.58. The Morgan fingerprint density at radius 1 is 0.970 bits per heavy atom. The predicted octanol–water partition coefficient (Wildman–Crippen LogP) is 4.03. The lowest BCUT2D eigenvalue weighted by Gasteiger charge is -2.22. The van der Waals surface area contributed by atoms with E-state index in [0.717, 1.165) is 63.0 Å². The van der Waals surface area contributed by atoms with Crippen LogP contribution in [0, 0.1) is 0 Å². The number of hydrogen-bond acceptors (Lipinski definition) is 5. The van der Waals surface area contributed by atoms with E-state index in [2.05, 4.69) is 47.9 Å². The number of hydrogen-bond donors (Lipinski definition) is 2. The van der Waals surface area contributed by atoms with Crippen molar-refractivity contribution in [1.82, 2.24) is 10.6 Å². The summed E-state index contributed by atoms with van der Waals surface area (Å²) in [5, 5.41) is 6.72. The lowest BCUT2D eigenvalue weighted by Crippen LogP contribution is -2.38. The van der Waals surface area contributed by atoms with Gasteiger partial charge in [-0.25, -0.2) is 4.99 Å². The molecule has 1 fully saturated rings. The second-order valence-corrected chi connectivity index (χ2v) is 8.00. The molecule has 0 unspecified atom stereocenters. The minimum absolute atomic E-state index is 0. The zero-order valence-electron chi connectivity index (χ0n) is 19.2. The number of nitrogens with zero attached hydrogens (tertiary/aromatic N) is 1. The summed E-state index contributed by atoms with van der Waals surface area (Å²) < 4.78 is 22.2. The van der Waals surface area contributed by atoms with Gasteiger partial charge in [0.1, 0.15) is 0 Å². The third-order valence-corrected chi connectivity index (χ3v) is 5.58. The van der Waals surface area contributed by atoms with E-state index in [1.165, 1.54) is 16.7 Å². The van der Waals surface area contributed by atoms with E-state index in [1.807, 2.05) is 12.1 Å². The van der Waals surface area contributed by atoms with Gasteiger partial charge in [0.05, 0.1) is 19.3 Å². The van der Waals surface area contributed by atoms with Crippen molar-refractivity contribution in [3.8, 4) is 11.5 Å². The lowest BCUT2D eigenvalue weighted by molar-refractivity contribution is -0.0390. The number of nitrogens with one attached hydrogen (secondary N) is 2. The van der Waals surface area contributed by atoms with Crippen LogP contribution in [0.4, 0.5) is 0 Å². The van der Waals surface area contributed by atoms with Crippen LogP contribution in [0.2, 0.25) is 0 Å². The van der Waals surface area contributed by atoms with Crippen LogP contribution in [0.3, 0.4) is 0 Å². The molecule has 2 heterocycles. The van der Waals surface area contributed by atoms with Gasteiger partial charge < -0.3 is 29.6 Å². The van der Waals surface area contributed by atoms with Crippen molar-refractivity contribution < 1.29 is 18.9 Å². The predicted molar refractivity (Wildman–Crippen MR) is 140 cm³/mol. The molecule has 0 spiro atoms. The molecule has 0 atom stereocenters. The monoisotopic (exact) mass is 567 g/mol. The molecule has 0 bridgehead atoms. The van der Waals surface area contributed by atoms with Gasteiger partial charge >= 0.3 is 0 Å². The van der Waals surface area contributed by atoms with Crippen molar-refractivity contribution in [3.05, 3.63) is 59.2 Å². The molecule has 2 N–H and O–H groups in total. The molecule has 0 radical (unpaired) electrons. The molecule has 2 aliphatic rings. The van der Waals surface area contributed by atoms with Crippen LogP contribution in [0.1, 0.15) is 36.5 Å². The summed E-state index contributed by atoms with van der Waals surface area (Å²) in [6, 6.07) is 14.6. The van der Waals surface area contributed by atoms with E-state index < -0.39 is 0 Å². The van der Waals surface area contributed by atoms with E-state index in [1.54, 1.807) is 0 Å². The van der Waals surface area contributed by atoms with Gasteiger partial charge in [-0.3, -0.25) is 0 Å². The SMILES string of the molecule is CCNC(=NCc1ccc(COC2CCOCC2)cc1)NCCc1ccc2c(c1)OCO2.I. The van der Waals surface area contributed by atoms with Crippen LogP contribution in [0.25, 0.3) is 0 Å². The van der Waals surface area contributed by atoms with E-state index in [4.69, 9.17) is 23.9 Å². The number of aliphatic imine (C=N–C) groups is 1. The Balaban J connectivity index is 0.00000306. The van der Waals surface area contributed by atoms with Gasteiger partial charge in [-0.2, -0.15) is 0 Å². The molecule has 33 heavy (non-hydrogen) atoms. The summed E-state index contributed by atoms with van der Waals surface area (Å²) in [5.41, 5.74) is 3.57. The molecule has 7 nitrogen and oxygen atoms in total. The van der Waals surface area contributed by atoms with Crippen LogP contribution in [-0.4, -0.2) is 45.2 Å².